The largest absolute Gasteiger partial charge is 0.481 e. The molecule has 1 atom stereocenters. The molecule has 0 saturated heterocycles. The van der Waals surface area contributed by atoms with Crippen molar-refractivity contribution in [2.24, 2.45) is 0 Å². The van der Waals surface area contributed by atoms with Gasteiger partial charge in [0.25, 0.3) is 0 Å². The lowest BCUT2D eigenvalue weighted by molar-refractivity contribution is -0.143. The van der Waals surface area contributed by atoms with Crippen molar-refractivity contribution in [3.63, 3.8) is 0 Å². The van der Waals surface area contributed by atoms with Crippen LogP contribution in [0.2, 0.25) is 0 Å². The summed E-state index contributed by atoms with van der Waals surface area (Å²) in [5, 5.41) is 9.36. The first-order valence-corrected chi connectivity index (χ1v) is 6.21. The number of aryl methyl sites for hydroxylation is 1. The lowest BCUT2D eigenvalue weighted by Gasteiger charge is -2.25. The van der Waals surface area contributed by atoms with Crippen LogP contribution < -0.4 is 0 Å². The third-order valence-corrected chi connectivity index (χ3v) is 4.24. The Morgan fingerprint density at radius 2 is 2.29 bits per heavy atom. The van der Waals surface area contributed by atoms with Gasteiger partial charge in [-0.15, -0.1) is 0 Å². The molecular formula is C13H16N2O2. The number of carbonyl (C=O) groups is 1. The van der Waals surface area contributed by atoms with Gasteiger partial charge in [-0.25, -0.2) is 9.97 Å². The van der Waals surface area contributed by atoms with Gasteiger partial charge in [-0.2, -0.15) is 0 Å². The maximum absolute atomic E-state index is 11.4. The molecule has 2 aliphatic rings. The molecule has 1 fully saturated rings. The molecule has 1 unspecified atom stereocenters. The van der Waals surface area contributed by atoms with E-state index in [9.17, 15) is 9.90 Å². The van der Waals surface area contributed by atoms with E-state index in [0.29, 0.717) is 12.3 Å². The monoisotopic (exact) mass is 232 g/mol. The average molecular weight is 232 g/mol. The fourth-order valence-electron chi connectivity index (χ4n) is 2.66. The Balaban J connectivity index is 2.03. The quantitative estimate of drug-likeness (QED) is 0.847. The molecule has 0 aromatic carbocycles. The predicted octanol–water partition coefficient (Wildman–Crippen LogP) is 2.03. The predicted molar refractivity (Wildman–Crippen MR) is 61.9 cm³/mol. The van der Waals surface area contributed by atoms with Gasteiger partial charge in [-0.05, 0) is 38.2 Å². The van der Waals surface area contributed by atoms with E-state index in [1.807, 2.05) is 6.20 Å². The number of fused-ring (bicyclic) bond motifs is 1. The van der Waals surface area contributed by atoms with Crippen LogP contribution in [0.25, 0.3) is 0 Å². The molecule has 0 amide bonds. The van der Waals surface area contributed by atoms with E-state index in [1.165, 1.54) is 6.42 Å². The number of carboxylic acids is 1. The minimum absolute atomic E-state index is 0.457. The molecular weight excluding hydrogens is 216 g/mol. The molecule has 4 nitrogen and oxygen atoms in total. The van der Waals surface area contributed by atoms with Crippen LogP contribution in [0, 0.1) is 0 Å². The molecule has 1 saturated carbocycles. The van der Waals surface area contributed by atoms with E-state index in [0.717, 1.165) is 36.3 Å². The third-order valence-electron chi connectivity index (χ3n) is 4.24. The Morgan fingerprint density at radius 3 is 2.88 bits per heavy atom. The van der Waals surface area contributed by atoms with E-state index < -0.39 is 11.4 Å². The van der Waals surface area contributed by atoms with Crippen molar-refractivity contribution in [1.82, 2.24) is 9.97 Å². The normalized spacial score (nSPS) is 27.6. The summed E-state index contributed by atoms with van der Waals surface area (Å²) < 4.78 is 0. The van der Waals surface area contributed by atoms with E-state index in [1.54, 1.807) is 6.92 Å². The van der Waals surface area contributed by atoms with E-state index >= 15 is 0 Å². The van der Waals surface area contributed by atoms with E-state index in [4.69, 9.17) is 0 Å². The van der Waals surface area contributed by atoms with Gasteiger partial charge in [0.2, 0.25) is 0 Å². The van der Waals surface area contributed by atoms with Crippen LogP contribution in [-0.2, 0) is 16.6 Å². The molecule has 90 valence electrons. The summed E-state index contributed by atoms with van der Waals surface area (Å²) >= 11 is 0. The molecule has 1 heterocycles. The van der Waals surface area contributed by atoms with Crippen molar-refractivity contribution in [1.29, 1.82) is 0 Å². The second-order valence-corrected chi connectivity index (χ2v) is 5.37. The highest BCUT2D eigenvalue weighted by Gasteiger charge is 2.43. The Morgan fingerprint density at radius 1 is 1.53 bits per heavy atom. The molecule has 1 aromatic rings. The van der Waals surface area contributed by atoms with Crippen molar-refractivity contribution in [3.05, 3.63) is 23.3 Å². The van der Waals surface area contributed by atoms with Crippen LogP contribution in [0.4, 0.5) is 0 Å². The smallest absolute Gasteiger partial charge is 0.315 e. The number of aromatic nitrogens is 2. The molecule has 0 spiro atoms. The fraction of sp³-hybridized carbons (Fsp3) is 0.615. The van der Waals surface area contributed by atoms with Crippen molar-refractivity contribution < 1.29 is 9.90 Å². The molecule has 4 heteroatoms. The molecule has 0 radical (unpaired) electrons. The van der Waals surface area contributed by atoms with Gasteiger partial charge in [0.1, 0.15) is 11.2 Å². The summed E-state index contributed by atoms with van der Waals surface area (Å²) in [5.74, 6) is 0.540. The highest BCUT2D eigenvalue weighted by molar-refractivity contribution is 5.81. The summed E-state index contributed by atoms with van der Waals surface area (Å²) in [5.41, 5.74) is 0.955. The zero-order valence-electron chi connectivity index (χ0n) is 9.94. The highest BCUT2D eigenvalue weighted by atomic mass is 16.4. The van der Waals surface area contributed by atoms with Crippen molar-refractivity contribution in [2.75, 3.05) is 0 Å². The number of aliphatic carboxylic acids is 1. The van der Waals surface area contributed by atoms with Crippen molar-refractivity contribution in [2.45, 2.75) is 50.4 Å². The number of carboxylic acid groups (broad SMARTS) is 1. The molecule has 17 heavy (non-hydrogen) atoms. The molecule has 0 aliphatic heterocycles. The number of nitrogens with zero attached hydrogens (tertiary/aromatic N) is 2. The minimum Gasteiger partial charge on any atom is -0.481 e. The first kappa shape index (κ1) is 10.7. The molecule has 0 bridgehead atoms. The van der Waals surface area contributed by atoms with Crippen LogP contribution in [-0.4, -0.2) is 21.0 Å². The fourth-order valence-corrected chi connectivity index (χ4v) is 2.66. The Bertz CT molecular complexity index is 482. The van der Waals surface area contributed by atoms with Gasteiger partial charge in [0, 0.05) is 12.1 Å². The van der Waals surface area contributed by atoms with E-state index in [-0.39, 0.29) is 0 Å². The molecule has 2 aliphatic carbocycles. The van der Waals surface area contributed by atoms with Gasteiger partial charge < -0.3 is 5.11 Å². The Hall–Kier alpha value is -1.45. The summed E-state index contributed by atoms with van der Waals surface area (Å²) in [7, 11) is 0. The maximum atomic E-state index is 11.4. The van der Waals surface area contributed by atoms with Gasteiger partial charge >= 0.3 is 5.97 Å². The second-order valence-electron chi connectivity index (χ2n) is 5.37. The lowest BCUT2D eigenvalue weighted by atomic mass is 9.84. The minimum atomic E-state index is -0.809. The van der Waals surface area contributed by atoms with E-state index in [2.05, 4.69) is 9.97 Å². The summed E-state index contributed by atoms with van der Waals surface area (Å²) in [6.45, 7) is 1.78. The molecule has 3 rings (SSSR count). The third kappa shape index (κ3) is 1.47. The number of hydrogen-bond acceptors (Lipinski definition) is 3. The summed E-state index contributed by atoms with van der Waals surface area (Å²) in [4.78, 5) is 20.3. The van der Waals surface area contributed by atoms with Gasteiger partial charge in [-0.1, -0.05) is 6.42 Å². The lowest BCUT2D eigenvalue weighted by Crippen LogP contribution is -2.31. The Labute approximate surface area is 100 Å². The van der Waals surface area contributed by atoms with Crippen LogP contribution in [0.15, 0.2) is 6.20 Å². The van der Waals surface area contributed by atoms with Gasteiger partial charge in [-0.3, -0.25) is 4.79 Å². The summed E-state index contributed by atoms with van der Waals surface area (Å²) in [6, 6.07) is 0. The zero-order chi connectivity index (χ0) is 12.0. The number of rotatable bonds is 2. The second kappa shape index (κ2) is 3.52. The van der Waals surface area contributed by atoms with Gasteiger partial charge in [0.05, 0.1) is 5.69 Å². The highest BCUT2D eigenvalue weighted by Crippen LogP contribution is 2.40. The first-order chi connectivity index (χ1) is 8.11. The topological polar surface area (TPSA) is 63.1 Å². The first-order valence-electron chi connectivity index (χ1n) is 6.21. The van der Waals surface area contributed by atoms with Crippen LogP contribution in [0.1, 0.15) is 55.6 Å². The molecule has 1 N–H and O–H groups in total. The maximum Gasteiger partial charge on any atom is 0.315 e. The van der Waals surface area contributed by atoms with Gasteiger partial charge in [0.15, 0.2) is 0 Å². The van der Waals surface area contributed by atoms with Crippen LogP contribution in [0.5, 0.6) is 0 Å². The van der Waals surface area contributed by atoms with Crippen LogP contribution in [0.3, 0.4) is 0 Å². The SMILES string of the molecule is CC1(C(=O)O)CCc2cnc(C3CCC3)nc21. The zero-order valence-corrected chi connectivity index (χ0v) is 9.94. The van der Waals surface area contributed by atoms with Crippen LogP contribution >= 0.6 is 0 Å². The van der Waals surface area contributed by atoms with Crippen molar-refractivity contribution in [3.8, 4) is 0 Å². The molecule has 1 aromatic heterocycles. The standard InChI is InChI=1S/C13H16N2O2/c1-13(12(16)17)6-5-9-7-14-11(15-10(9)13)8-3-2-4-8/h7-8H,2-6H2,1H3,(H,16,17). The average Bonchev–Trinajstić information content (AvgIpc) is 2.56. The number of hydrogen-bond donors (Lipinski definition) is 1. The Kier molecular flexibility index (Phi) is 2.21. The summed E-state index contributed by atoms with van der Waals surface area (Å²) in [6.07, 6.45) is 6.78. The van der Waals surface area contributed by atoms with Crippen molar-refractivity contribution >= 4 is 5.97 Å².